The molecule has 1 amide bonds. The Hall–Kier alpha value is -2.13. The van der Waals surface area contributed by atoms with Gasteiger partial charge in [-0.2, -0.15) is 0 Å². The number of carbonyl (C=O) groups is 1. The fourth-order valence-electron chi connectivity index (χ4n) is 1.97. The van der Waals surface area contributed by atoms with Gasteiger partial charge in [0.05, 0.1) is 6.61 Å². The second-order valence-corrected chi connectivity index (χ2v) is 4.13. The van der Waals surface area contributed by atoms with Gasteiger partial charge in [0.15, 0.2) is 0 Å². The van der Waals surface area contributed by atoms with Crippen LogP contribution in [-0.4, -0.2) is 17.6 Å². The third kappa shape index (κ3) is 2.57. The lowest BCUT2D eigenvalue weighted by atomic mass is 9.91. The molecule has 1 atom stereocenters. The second kappa shape index (κ2) is 5.47. The molecule has 0 fully saturated rings. The van der Waals surface area contributed by atoms with E-state index in [0.29, 0.717) is 5.56 Å². The Morgan fingerprint density at radius 2 is 1.56 bits per heavy atom. The molecular formula is C15H15NO2. The van der Waals surface area contributed by atoms with Crippen molar-refractivity contribution in [1.29, 1.82) is 0 Å². The first-order chi connectivity index (χ1) is 8.72. The van der Waals surface area contributed by atoms with Crippen LogP contribution in [0.5, 0.6) is 0 Å². The van der Waals surface area contributed by atoms with Crippen molar-refractivity contribution in [2.75, 3.05) is 6.61 Å². The van der Waals surface area contributed by atoms with E-state index in [1.54, 1.807) is 12.1 Å². The molecule has 0 unspecified atom stereocenters. The molecular weight excluding hydrogens is 226 g/mol. The Labute approximate surface area is 106 Å². The molecule has 0 spiro atoms. The zero-order valence-electron chi connectivity index (χ0n) is 9.91. The quantitative estimate of drug-likeness (QED) is 0.858. The molecule has 0 aliphatic carbocycles. The molecule has 0 saturated carbocycles. The molecule has 2 aromatic carbocycles. The second-order valence-electron chi connectivity index (χ2n) is 4.13. The molecule has 0 heterocycles. The molecule has 3 heteroatoms. The van der Waals surface area contributed by atoms with Crippen molar-refractivity contribution in [3.63, 3.8) is 0 Å². The van der Waals surface area contributed by atoms with Crippen LogP contribution in [0.15, 0.2) is 54.6 Å². The first kappa shape index (κ1) is 12.3. The van der Waals surface area contributed by atoms with Crippen molar-refractivity contribution in [1.82, 2.24) is 0 Å². The van der Waals surface area contributed by atoms with Crippen molar-refractivity contribution in [3.05, 3.63) is 71.3 Å². The van der Waals surface area contributed by atoms with E-state index in [-0.39, 0.29) is 12.5 Å². The van der Waals surface area contributed by atoms with E-state index in [2.05, 4.69) is 0 Å². The maximum absolute atomic E-state index is 11.0. The van der Waals surface area contributed by atoms with Crippen LogP contribution < -0.4 is 5.73 Å². The summed E-state index contributed by atoms with van der Waals surface area (Å²) >= 11 is 0. The van der Waals surface area contributed by atoms with Crippen molar-refractivity contribution in [2.24, 2.45) is 5.73 Å². The lowest BCUT2D eigenvalue weighted by Crippen LogP contribution is -2.11. The van der Waals surface area contributed by atoms with Crippen LogP contribution in [0.2, 0.25) is 0 Å². The Balaban J connectivity index is 2.31. The van der Waals surface area contributed by atoms with Crippen molar-refractivity contribution in [2.45, 2.75) is 5.92 Å². The minimum absolute atomic E-state index is 0.0277. The van der Waals surface area contributed by atoms with Gasteiger partial charge in [-0.3, -0.25) is 4.79 Å². The summed E-state index contributed by atoms with van der Waals surface area (Å²) in [4.78, 5) is 11.0. The average molecular weight is 241 g/mol. The summed E-state index contributed by atoms with van der Waals surface area (Å²) in [6.07, 6.45) is 0. The highest BCUT2D eigenvalue weighted by molar-refractivity contribution is 5.92. The SMILES string of the molecule is NC(=O)c1ccc([C@@H](CO)c2ccccc2)cc1. The zero-order chi connectivity index (χ0) is 13.0. The molecule has 2 aromatic rings. The predicted molar refractivity (Wildman–Crippen MR) is 70.3 cm³/mol. The predicted octanol–water partition coefficient (Wildman–Crippen LogP) is 1.91. The molecule has 0 bridgehead atoms. The molecule has 18 heavy (non-hydrogen) atoms. The highest BCUT2D eigenvalue weighted by atomic mass is 16.3. The van der Waals surface area contributed by atoms with Crippen LogP contribution in [0.3, 0.4) is 0 Å². The number of nitrogens with two attached hydrogens (primary N) is 1. The summed E-state index contributed by atoms with van der Waals surface area (Å²) in [6, 6.07) is 16.8. The number of primary amides is 1. The van der Waals surface area contributed by atoms with Gasteiger partial charge in [0, 0.05) is 11.5 Å². The molecule has 3 nitrogen and oxygen atoms in total. The molecule has 0 aliphatic rings. The average Bonchev–Trinajstić information content (AvgIpc) is 2.41. The van der Waals surface area contributed by atoms with E-state index in [9.17, 15) is 9.90 Å². The fourth-order valence-corrected chi connectivity index (χ4v) is 1.97. The molecule has 0 saturated heterocycles. The lowest BCUT2D eigenvalue weighted by Gasteiger charge is -2.15. The van der Waals surface area contributed by atoms with Gasteiger partial charge < -0.3 is 10.8 Å². The summed E-state index contributed by atoms with van der Waals surface area (Å²) in [7, 11) is 0. The first-order valence-electron chi connectivity index (χ1n) is 5.78. The van der Waals surface area contributed by atoms with Crippen LogP contribution in [0.25, 0.3) is 0 Å². The van der Waals surface area contributed by atoms with Crippen LogP contribution in [0.1, 0.15) is 27.4 Å². The maximum Gasteiger partial charge on any atom is 0.248 e. The smallest absolute Gasteiger partial charge is 0.248 e. The molecule has 0 radical (unpaired) electrons. The van der Waals surface area contributed by atoms with E-state index >= 15 is 0 Å². The molecule has 0 aliphatic heterocycles. The molecule has 92 valence electrons. The van der Waals surface area contributed by atoms with Gasteiger partial charge >= 0.3 is 0 Å². The number of hydrogen-bond donors (Lipinski definition) is 2. The van der Waals surface area contributed by atoms with E-state index in [1.807, 2.05) is 42.5 Å². The normalized spacial score (nSPS) is 12.1. The number of hydrogen-bond acceptors (Lipinski definition) is 2. The number of rotatable bonds is 4. The summed E-state index contributed by atoms with van der Waals surface area (Å²) < 4.78 is 0. The number of carbonyl (C=O) groups excluding carboxylic acids is 1. The van der Waals surface area contributed by atoms with Gasteiger partial charge in [0.1, 0.15) is 0 Å². The summed E-state index contributed by atoms with van der Waals surface area (Å²) in [6.45, 7) is 0.0277. The molecule has 0 aromatic heterocycles. The summed E-state index contributed by atoms with van der Waals surface area (Å²) in [5, 5.41) is 9.52. The van der Waals surface area contributed by atoms with Gasteiger partial charge in [-0.25, -0.2) is 0 Å². The van der Waals surface area contributed by atoms with Crippen LogP contribution in [0, 0.1) is 0 Å². The number of benzene rings is 2. The highest BCUT2D eigenvalue weighted by Gasteiger charge is 2.13. The fraction of sp³-hybridized carbons (Fsp3) is 0.133. The third-order valence-electron chi connectivity index (χ3n) is 2.98. The van der Waals surface area contributed by atoms with Gasteiger partial charge in [-0.15, -0.1) is 0 Å². The summed E-state index contributed by atoms with van der Waals surface area (Å²) in [5.41, 5.74) is 7.69. The summed E-state index contributed by atoms with van der Waals surface area (Å²) in [5.74, 6) is -0.519. The maximum atomic E-state index is 11.0. The molecule has 3 N–H and O–H groups in total. The minimum atomic E-state index is -0.443. The van der Waals surface area contributed by atoms with Crippen LogP contribution in [0.4, 0.5) is 0 Å². The van der Waals surface area contributed by atoms with Gasteiger partial charge in [0.2, 0.25) is 5.91 Å². The van der Waals surface area contributed by atoms with E-state index < -0.39 is 5.91 Å². The minimum Gasteiger partial charge on any atom is -0.395 e. The number of aliphatic hydroxyl groups is 1. The van der Waals surface area contributed by atoms with Crippen molar-refractivity contribution < 1.29 is 9.90 Å². The van der Waals surface area contributed by atoms with Gasteiger partial charge in [-0.05, 0) is 23.3 Å². The van der Waals surface area contributed by atoms with E-state index in [4.69, 9.17) is 5.73 Å². The van der Waals surface area contributed by atoms with Gasteiger partial charge in [0.25, 0.3) is 0 Å². The van der Waals surface area contributed by atoms with Crippen LogP contribution >= 0.6 is 0 Å². The van der Waals surface area contributed by atoms with Crippen LogP contribution in [-0.2, 0) is 0 Å². The topological polar surface area (TPSA) is 63.3 Å². The molecule has 2 rings (SSSR count). The zero-order valence-corrected chi connectivity index (χ0v) is 9.91. The van der Waals surface area contributed by atoms with Gasteiger partial charge in [-0.1, -0.05) is 42.5 Å². The number of aliphatic hydroxyl groups excluding tert-OH is 1. The van der Waals surface area contributed by atoms with E-state index in [1.165, 1.54) is 0 Å². The lowest BCUT2D eigenvalue weighted by molar-refractivity contribution is 0.100. The number of amides is 1. The van der Waals surface area contributed by atoms with Crippen molar-refractivity contribution >= 4 is 5.91 Å². The Morgan fingerprint density at radius 3 is 2.06 bits per heavy atom. The van der Waals surface area contributed by atoms with E-state index in [0.717, 1.165) is 11.1 Å². The Morgan fingerprint density at radius 1 is 1.00 bits per heavy atom. The Bertz CT molecular complexity index is 520. The highest BCUT2D eigenvalue weighted by Crippen LogP contribution is 2.24. The third-order valence-corrected chi connectivity index (χ3v) is 2.98. The van der Waals surface area contributed by atoms with Crippen molar-refractivity contribution in [3.8, 4) is 0 Å². The standard InChI is InChI=1S/C15H15NO2/c16-15(18)13-8-6-12(7-9-13)14(10-17)11-4-2-1-3-5-11/h1-9,14,17H,10H2,(H2,16,18)/t14-/m0/s1. The monoisotopic (exact) mass is 241 g/mol. The Kier molecular flexibility index (Phi) is 3.75. The largest absolute Gasteiger partial charge is 0.395 e. The first-order valence-corrected chi connectivity index (χ1v) is 5.78.